The highest BCUT2D eigenvalue weighted by molar-refractivity contribution is 7.11. The molecular weight excluding hydrogens is 448 g/mol. The van der Waals surface area contributed by atoms with Gasteiger partial charge in [0, 0.05) is 49.4 Å². The number of aromatic nitrogens is 1. The summed E-state index contributed by atoms with van der Waals surface area (Å²) >= 11 is 1.86. The van der Waals surface area contributed by atoms with E-state index in [2.05, 4.69) is 10.6 Å². The van der Waals surface area contributed by atoms with Crippen LogP contribution in [0.4, 0.5) is 4.79 Å². The first-order valence-electron chi connectivity index (χ1n) is 11.9. The van der Waals surface area contributed by atoms with E-state index in [1.165, 1.54) is 15.6 Å². The highest BCUT2D eigenvalue weighted by Gasteiger charge is 2.31. The second kappa shape index (κ2) is 11.7. The molecule has 9 heteroatoms. The SMILES string of the molecule is CC(C)COC(=O)[C@H]1CC[C@H](NC(=O)N2CCC(c3nc4c(s3)CNCC4)CC2)CC1.Cl. The number of carbonyl (C=O) groups is 2. The van der Waals surface area contributed by atoms with Crippen LogP contribution in [0.1, 0.15) is 73.9 Å². The second-order valence-corrected chi connectivity index (χ2v) is 10.7. The van der Waals surface area contributed by atoms with E-state index in [0.29, 0.717) is 18.4 Å². The second-order valence-electron chi connectivity index (χ2n) is 9.63. The summed E-state index contributed by atoms with van der Waals surface area (Å²) in [5.41, 5.74) is 1.28. The Balaban J connectivity index is 0.00000289. The maximum atomic E-state index is 12.8. The zero-order valence-electron chi connectivity index (χ0n) is 19.2. The molecule has 0 aromatic carbocycles. The number of thiazole rings is 1. The summed E-state index contributed by atoms with van der Waals surface area (Å²) in [5, 5.41) is 7.89. The van der Waals surface area contributed by atoms with Crippen molar-refractivity contribution in [2.75, 3.05) is 26.2 Å². The van der Waals surface area contributed by atoms with E-state index in [9.17, 15) is 9.59 Å². The van der Waals surface area contributed by atoms with Crippen molar-refractivity contribution in [3.63, 3.8) is 0 Å². The zero-order valence-corrected chi connectivity index (χ0v) is 20.9. The van der Waals surface area contributed by atoms with Crippen LogP contribution in [-0.4, -0.2) is 54.2 Å². The normalized spacial score (nSPS) is 23.9. The van der Waals surface area contributed by atoms with E-state index in [1.54, 1.807) is 0 Å². The number of nitrogens with one attached hydrogen (secondary N) is 2. The van der Waals surface area contributed by atoms with Gasteiger partial charge in [0.1, 0.15) is 0 Å². The van der Waals surface area contributed by atoms with Gasteiger partial charge in [-0.15, -0.1) is 23.7 Å². The van der Waals surface area contributed by atoms with Crippen LogP contribution in [0.15, 0.2) is 0 Å². The monoisotopic (exact) mass is 484 g/mol. The molecule has 0 atom stereocenters. The van der Waals surface area contributed by atoms with Crippen molar-refractivity contribution in [1.29, 1.82) is 0 Å². The van der Waals surface area contributed by atoms with Gasteiger partial charge in [-0.25, -0.2) is 9.78 Å². The summed E-state index contributed by atoms with van der Waals surface area (Å²) in [4.78, 5) is 33.2. The molecule has 1 aromatic rings. The number of urea groups is 1. The number of rotatable bonds is 5. The molecule has 7 nitrogen and oxygen atoms in total. The lowest BCUT2D eigenvalue weighted by Gasteiger charge is -2.34. The first kappa shape index (κ1) is 25.2. The smallest absolute Gasteiger partial charge is 0.317 e. The van der Waals surface area contributed by atoms with Gasteiger partial charge in [-0.1, -0.05) is 13.8 Å². The molecule has 3 aliphatic rings. The molecule has 2 fully saturated rings. The summed E-state index contributed by atoms with van der Waals surface area (Å²) in [6.07, 6.45) is 6.31. The third kappa shape index (κ3) is 6.35. The molecule has 0 bridgehead atoms. The number of carbonyl (C=O) groups excluding carboxylic acids is 2. The summed E-state index contributed by atoms with van der Waals surface area (Å²) < 4.78 is 5.39. The molecule has 0 unspecified atom stereocenters. The molecular formula is C23H37ClN4O3S. The van der Waals surface area contributed by atoms with Gasteiger partial charge in [-0.3, -0.25) is 4.79 Å². The van der Waals surface area contributed by atoms with Crippen LogP contribution in [0.3, 0.4) is 0 Å². The van der Waals surface area contributed by atoms with Crippen LogP contribution in [0.5, 0.6) is 0 Å². The molecule has 0 radical (unpaired) electrons. The van der Waals surface area contributed by atoms with Crippen LogP contribution >= 0.6 is 23.7 Å². The van der Waals surface area contributed by atoms with Crippen molar-refractivity contribution in [3.05, 3.63) is 15.6 Å². The lowest BCUT2D eigenvalue weighted by Crippen LogP contribution is -2.48. The molecule has 2 N–H and O–H groups in total. The molecule has 180 valence electrons. The van der Waals surface area contributed by atoms with E-state index in [0.717, 1.165) is 71.1 Å². The first-order chi connectivity index (χ1) is 15.0. The zero-order chi connectivity index (χ0) is 21.8. The number of esters is 1. The Morgan fingerprint density at radius 2 is 1.91 bits per heavy atom. The predicted molar refractivity (Wildman–Crippen MR) is 128 cm³/mol. The van der Waals surface area contributed by atoms with Crippen LogP contribution in [0, 0.1) is 11.8 Å². The van der Waals surface area contributed by atoms with Crippen LogP contribution in [0.25, 0.3) is 0 Å². The van der Waals surface area contributed by atoms with Gasteiger partial charge < -0.3 is 20.3 Å². The average Bonchev–Trinajstić information content (AvgIpc) is 3.22. The molecule has 1 aromatic heterocycles. The lowest BCUT2D eigenvalue weighted by molar-refractivity contribution is -0.150. The highest BCUT2D eigenvalue weighted by atomic mass is 35.5. The Kier molecular flexibility index (Phi) is 9.20. The van der Waals surface area contributed by atoms with Crippen LogP contribution in [-0.2, 0) is 22.5 Å². The van der Waals surface area contributed by atoms with Gasteiger partial charge in [0.05, 0.1) is 23.2 Å². The average molecular weight is 485 g/mol. The molecule has 2 aliphatic heterocycles. The molecule has 0 spiro atoms. The third-order valence-corrected chi connectivity index (χ3v) is 7.96. The van der Waals surface area contributed by atoms with Crippen molar-refractivity contribution >= 4 is 35.7 Å². The first-order valence-corrected chi connectivity index (χ1v) is 12.7. The fraction of sp³-hybridized carbons (Fsp3) is 0.783. The lowest BCUT2D eigenvalue weighted by atomic mass is 9.86. The van der Waals surface area contributed by atoms with Crippen molar-refractivity contribution in [2.45, 2.75) is 77.3 Å². The van der Waals surface area contributed by atoms with Crippen molar-refractivity contribution in [2.24, 2.45) is 11.8 Å². The largest absolute Gasteiger partial charge is 0.465 e. The number of hydrogen-bond acceptors (Lipinski definition) is 6. The Morgan fingerprint density at radius 1 is 1.19 bits per heavy atom. The minimum atomic E-state index is -0.0693. The van der Waals surface area contributed by atoms with Crippen molar-refractivity contribution < 1.29 is 14.3 Å². The molecule has 1 saturated heterocycles. The number of halogens is 1. The number of likely N-dealkylation sites (tertiary alicyclic amines) is 1. The quantitative estimate of drug-likeness (QED) is 0.620. The third-order valence-electron chi connectivity index (χ3n) is 6.70. The van der Waals surface area contributed by atoms with E-state index in [-0.39, 0.29) is 36.4 Å². The Morgan fingerprint density at radius 3 is 2.56 bits per heavy atom. The molecule has 3 heterocycles. The maximum absolute atomic E-state index is 12.8. The van der Waals surface area contributed by atoms with Gasteiger partial charge in [-0.2, -0.15) is 0 Å². The molecule has 32 heavy (non-hydrogen) atoms. The molecule has 1 aliphatic carbocycles. The maximum Gasteiger partial charge on any atom is 0.317 e. The van der Waals surface area contributed by atoms with Crippen molar-refractivity contribution in [3.8, 4) is 0 Å². The predicted octanol–water partition coefficient (Wildman–Crippen LogP) is 3.86. The van der Waals surface area contributed by atoms with Crippen molar-refractivity contribution in [1.82, 2.24) is 20.5 Å². The Hall–Kier alpha value is -1.38. The summed E-state index contributed by atoms with van der Waals surface area (Å²) in [6.45, 7) is 8.13. The topological polar surface area (TPSA) is 83.6 Å². The molecule has 1 saturated carbocycles. The molecule has 2 amide bonds. The van der Waals surface area contributed by atoms with E-state index < -0.39 is 0 Å². The minimum absolute atomic E-state index is 0. The number of fused-ring (bicyclic) bond motifs is 1. The van der Waals surface area contributed by atoms with Crippen LogP contribution < -0.4 is 10.6 Å². The number of ether oxygens (including phenoxy) is 1. The molecule has 4 rings (SSSR count). The number of nitrogens with zero attached hydrogens (tertiary/aromatic N) is 2. The Labute approximate surface area is 201 Å². The van der Waals surface area contributed by atoms with Gasteiger partial charge in [-0.05, 0) is 44.4 Å². The van der Waals surface area contributed by atoms with Gasteiger partial charge in [0.2, 0.25) is 0 Å². The van der Waals surface area contributed by atoms with Gasteiger partial charge in [0.25, 0.3) is 0 Å². The fourth-order valence-electron chi connectivity index (χ4n) is 4.76. The number of piperidine rings is 1. The van der Waals surface area contributed by atoms with Crippen LogP contribution in [0.2, 0.25) is 0 Å². The van der Waals surface area contributed by atoms with Gasteiger partial charge >= 0.3 is 12.0 Å². The minimum Gasteiger partial charge on any atom is -0.465 e. The standard InChI is InChI=1S/C23H36N4O3S.ClH/c1-15(2)14-30-22(28)17-3-5-18(6-4-17)25-23(29)27-11-8-16(9-12-27)21-26-19-7-10-24-13-20(19)31-21;/h15-18,24H,3-14H2,1-2H3,(H,25,29);1H/t17-,18-;. The highest BCUT2D eigenvalue weighted by Crippen LogP contribution is 2.34. The van der Waals surface area contributed by atoms with E-state index in [4.69, 9.17) is 9.72 Å². The number of amides is 2. The van der Waals surface area contributed by atoms with Gasteiger partial charge in [0.15, 0.2) is 0 Å². The summed E-state index contributed by atoms with van der Waals surface area (Å²) in [5.74, 6) is 0.760. The van der Waals surface area contributed by atoms with E-state index in [1.807, 2.05) is 30.1 Å². The number of hydrogen-bond donors (Lipinski definition) is 2. The summed E-state index contributed by atoms with van der Waals surface area (Å²) in [6, 6.07) is 0.212. The van der Waals surface area contributed by atoms with E-state index >= 15 is 0 Å². The fourth-order valence-corrected chi connectivity index (χ4v) is 6.01. The summed E-state index contributed by atoms with van der Waals surface area (Å²) in [7, 11) is 0. The Bertz CT molecular complexity index is 748.